The third-order valence-corrected chi connectivity index (χ3v) is 8.88. The first-order valence-electron chi connectivity index (χ1n) is 13.5. The first-order valence-corrected chi connectivity index (χ1v) is 13.5. The van der Waals surface area contributed by atoms with Gasteiger partial charge < -0.3 is 19.9 Å². The molecule has 0 saturated heterocycles. The van der Waals surface area contributed by atoms with Crippen LogP contribution < -0.4 is 14.8 Å². The van der Waals surface area contributed by atoms with Gasteiger partial charge in [0.25, 0.3) is 5.91 Å². The Morgan fingerprint density at radius 3 is 2.18 bits per heavy atom. The monoisotopic (exact) mass is 535 g/mol. The molecule has 6 nitrogen and oxygen atoms in total. The van der Waals surface area contributed by atoms with Gasteiger partial charge in [0.15, 0.2) is 0 Å². The second-order valence-corrected chi connectivity index (χ2v) is 11.5. The molecule has 0 aliphatic heterocycles. The van der Waals surface area contributed by atoms with E-state index >= 15 is 0 Å². The molecule has 4 bridgehead atoms. The summed E-state index contributed by atoms with van der Waals surface area (Å²) in [5.41, 5.74) is 0.561. The number of nitrogens with one attached hydrogen (secondary N) is 1. The van der Waals surface area contributed by atoms with Crippen molar-refractivity contribution in [1.29, 1.82) is 0 Å². The summed E-state index contributed by atoms with van der Waals surface area (Å²) in [6, 6.07) is 16.2. The number of benzene rings is 3. The van der Waals surface area contributed by atoms with Gasteiger partial charge in [0.05, 0.1) is 5.56 Å². The molecular formula is C31H31F2NO5. The van der Waals surface area contributed by atoms with Crippen LogP contribution in [-0.4, -0.2) is 29.6 Å². The van der Waals surface area contributed by atoms with Crippen LogP contribution in [0.5, 0.6) is 11.5 Å². The van der Waals surface area contributed by atoms with Crippen molar-refractivity contribution in [2.75, 3.05) is 0 Å². The summed E-state index contributed by atoms with van der Waals surface area (Å²) in [6.45, 7) is -2.82. The highest BCUT2D eigenvalue weighted by Gasteiger charge is 2.56. The molecule has 204 valence electrons. The summed E-state index contributed by atoms with van der Waals surface area (Å²) < 4.78 is 35.6. The van der Waals surface area contributed by atoms with Crippen molar-refractivity contribution in [3.63, 3.8) is 0 Å². The lowest BCUT2D eigenvalue weighted by atomic mass is 9.47. The smallest absolute Gasteiger partial charge is 0.387 e. The molecule has 0 aromatic heterocycles. The number of carboxylic acid groups (broad SMARTS) is 1. The summed E-state index contributed by atoms with van der Waals surface area (Å²) in [4.78, 5) is 26.3. The summed E-state index contributed by atoms with van der Waals surface area (Å²) in [5.74, 6) is 0.585. The van der Waals surface area contributed by atoms with Crippen molar-refractivity contribution in [2.45, 2.75) is 57.8 Å². The summed E-state index contributed by atoms with van der Waals surface area (Å²) in [6.07, 6.45) is 6.08. The zero-order chi connectivity index (χ0) is 27.1. The number of rotatable bonds is 9. The van der Waals surface area contributed by atoms with E-state index in [9.17, 15) is 23.5 Å². The Labute approximate surface area is 225 Å². The quantitative estimate of drug-likeness (QED) is 0.330. The lowest BCUT2D eigenvalue weighted by Crippen LogP contribution is -2.59. The molecule has 2 N–H and O–H groups in total. The predicted octanol–water partition coefficient (Wildman–Crippen LogP) is 6.42. The Bertz CT molecular complexity index is 1350. The summed E-state index contributed by atoms with van der Waals surface area (Å²) in [7, 11) is 0. The molecule has 0 heterocycles. The third-order valence-electron chi connectivity index (χ3n) is 8.88. The van der Waals surface area contributed by atoms with E-state index in [1.54, 1.807) is 18.2 Å². The highest BCUT2D eigenvalue weighted by atomic mass is 19.3. The highest BCUT2D eigenvalue weighted by Crippen LogP contribution is 2.61. The number of alkyl halides is 2. The van der Waals surface area contributed by atoms with E-state index in [-0.39, 0.29) is 17.9 Å². The molecule has 8 heteroatoms. The number of hydrogen-bond acceptors (Lipinski definition) is 4. The molecule has 1 amide bonds. The van der Waals surface area contributed by atoms with Crippen LogP contribution in [0.1, 0.15) is 54.4 Å². The fourth-order valence-electron chi connectivity index (χ4n) is 7.72. The van der Waals surface area contributed by atoms with Crippen molar-refractivity contribution in [1.82, 2.24) is 5.32 Å². The van der Waals surface area contributed by atoms with Crippen LogP contribution in [0.25, 0.3) is 10.8 Å². The zero-order valence-corrected chi connectivity index (χ0v) is 21.4. The van der Waals surface area contributed by atoms with Gasteiger partial charge >= 0.3 is 12.6 Å². The van der Waals surface area contributed by atoms with E-state index in [1.165, 1.54) is 31.4 Å². The summed E-state index contributed by atoms with van der Waals surface area (Å²) in [5, 5.41) is 14.8. The molecular weight excluding hydrogens is 504 g/mol. The van der Waals surface area contributed by atoms with Crippen LogP contribution in [0.2, 0.25) is 0 Å². The van der Waals surface area contributed by atoms with E-state index in [1.807, 2.05) is 30.3 Å². The van der Waals surface area contributed by atoms with Crippen LogP contribution in [-0.2, 0) is 11.4 Å². The van der Waals surface area contributed by atoms with E-state index in [2.05, 4.69) is 10.1 Å². The number of ether oxygens (including phenoxy) is 2. The average Bonchev–Trinajstić information content (AvgIpc) is 2.89. The second kappa shape index (κ2) is 10.1. The Kier molecular flexibility index (Phi) is 6.65. The molecule has 4 aliphatic rings. The lowest BCUT2D eigenvalue weighted by molar-refractivity contribution is -0.150. The zero-order valence-electron chi connectivity index (χ0n) is 21.4. The molecule has 0 spiro atoms. The Hall–Kier alpha value is -3.68. The van der Waals surface area contributed by atoms with E-state index in [4.69, 9.17) is 4.74 Å². The fourth-order valence-corrected chi connectivity index (χ4v) is 7.72. The van der Waals surface area contributed by atoms with Crippen LogP contribution in [0, 0.1) is 23.2 Å². The number of amides is 1. The fraction of sp³-hybridized carbons (Fsp3) is 0.419. The van der Waals surface area contributed by atoms with Crippen LogP contribution in [0.3, 0.4) is 0 Å². The van der Waals surface area contributed by atoms with Gasteiger partial charge in [-0.25, -0.2) is 4.79 Å². The number of fused-ring (bicyclic) bond motifs is 1. The van der Waals surface area contributed by atoms with Gasteiger partial charge in [0.2, 0.25) is 0 Å². The highest BCUT2D eigenvalue weighted by molar-refractivity contribution is 6.05. The van der Waals surface area contributed by atoms with Crippen LogP contribution >= 0.6 is 0 Å². The van der Waals surface area contributed by atoms with E-state index in [0.717, 1.165) is 30.0 Å². The number of hydrogen-bond donors (Lipinski definition) is 2. The van der Waals surface area contributed by atoms with E-state index < -0.39 is 29.9 Å². The van der Waals surface area contributed by atoms with Gasteiger partial charge in [-0.1, -0.05) is 42.5 Å². The van der Waals surface area contributed by atoms with Gasteiger partial charge in [-0.05, 0) is 85.4 Å². The summed E-state index contributed by atoms with van der Waals surface area (Å²) >= 11 is 0. The molecule has 4 aliphatic carbocycles. The number of halogens is 2. The normalized spacial score (nSPS) is 26.0. The molecule has 3 aromatic carbocycles. The second-order valence-electron chi connectivity index (χ2n) is 11.5. The molecule has 3 aromatic rings. The number of carboxylic acids is 1. The number of carbonyl (C=O) groups is 2. The maximum absolute atomic E-state index is 13.7. The van der Waals surface area contributed by atoms with Crippen molar-refractivity contribution in [3.05, 3.63) is 71.8 Å². The maximum Gasteiger partial charge on any atom is 0.387 e. The van der Waals surface area contributed by atoms with Gasteiger partial charge in [0, 0.05) is 10.8 Å². The lowest BCUT2D eigenvalue weighted by Gasteiger charge is -2.58. The Balaban J connectivity index is 1.27. The van der Waals surface area contributed by atoms with Gasteiger partial charge in [-0.15, -0.1) is 0 Å². The molecule has 39 heavy (non-hydrogen) atoms. The first kappa shape index (κ1) is 25.6. The molecule has 4 saturated carbocycles. The van der Waals surface area contributed by atoms with Crippen LogP contribution in [0.15, 0.2) is 60.7 Å². The maximum atomic E-state index is 13.7. The minimum Gasteiger partial charge on any atom is -0.487 e. The molecule has 7 rings (SSSR count). The minimum atomic E-state index is -2.91. The average molecular weight is 536 g/mol. The van der Waals surface area contributed by atoms with Gasteiger partial charge in [0.1, 0.15) is 24.1 Å². The Morgan fingerprint density at radius 2 is 1.56 bits per heavy atom. The van der Waals surface area contributed by atoms with E-state index in [0.29, 0.717) is 29.1 Å². The Morgan fingerprint density at radius 1 is 0.923 bits per heavy atom. The third kappa shape index (κ3) is 5.04. The predicted molar refractivity (Wildman–Crippen MR) is 141 cm³/mol. The van der Waals surface area contributed by atoms with Crippen molar-refractivity contribution >= 4 is 22.6 Å². The van der Waals surface area contributed by atoms with Crippen LogP contribution in [0.4, 0.5) is 8.78 Å². The number of carbonyl (C=O) groups excluding carboxylic acids is 1. The van der Waals surface area contributed by atoms with Gasteiger partial charge in [-0.2, -0.15) is 8.78 Å². The molecule has 0 radical (unpaired) electrons. The minimum absolute atomic E-state index is 0.0448. The van der Waals surface area contributed by atoms with Gasteiger partial charge in [-0.3, -0.25) is 4.79 Å². The molecule has 1 unspecified atom stereocenters. The van der Waals surface area contributed by atoms with Crippen molar-refractivity contribution < 1.29 is 33.0 Å². The topological polar surface area (TPSA) is 84.9 Å². The standard InChI is InChI=1S/C31H31F2NO5/c32-30(33)39-23-8-5-18(6-9-23)17-38-26-24-4-2-1-3-22(24)7-10-25(26)28(35)34-27(29(36)37)31-14-19-11-20(15-31)13-21(12-19)16-31/h1-10,19-21,27,30H,11-17H2,(H,34,35)(H,36,37). The van der Waals surface area contributed by atoms with Crippen molar-refractivity contribution in [3.8, 4) is 11.5 Å². The SMILES string of the molecule is O=C(NC(C(=O)O)C12CC3CC(CC(C3)C1)C2)c1ccc2ccccc2c1OCc1ccc(OC(F)F)cc1. The van der Waals surface area contributed by atoms with Crippen molar-refractivity contribution in [2.24, 2.45) is 23.2 Å². The largest absolute Gasteiger partial charge is 0.487 e. The molecule has 1 atom stereocenters. The first-order chi connectivity index (χ1) is 18.8. The molecule has 4 fully saturated rings. The number of aliphatic carboxylic acids is 1.